The molecule has 5 rings (SSSR count). The third-order valence-corrected chi connectivity index (χ3v) is 8.56. The Labute approximate surface area is 240 Å². The summed E-state index contributed by atoms with van der Waals surface area (Å²) in [5.41, 5.74) is 5.49. The van der Waals surface area contributed by atoms with E-state index in [1.807, 2.05) is 24.3 Å². The van der Waals surface area contributed by atoms with Crippen LogP contribution >= 0.6 is 34.8 Å². The van der Waals surface area contributed by atoms with Crippen molar-refractivity contribution in [1.29, 1.82) is 0 Å². The SMILES string of the molecule is CN(C)CCNC1CCC(c2cc(-c3ccccc3Cl)c3c(c2)N(c2c(Cl)cccc2Cl)C(=O)NC3)CC1. The number of anilines is 2. The molecule has 1 aliphatic carbocycles. The highest BCUT2D eigenvalue weighted by Crippen LogP contribution is 2.46. The van der Waals surface area contributed by atoms with Gasteiger partial charge in [-0.1, -0.05) is 65.1 Å². The van der Waals surface area contributed by atoms with Gasteiger partial charge in [0.2, 0.25) is 0 Å². The molecule has 8 heteroatoms. The second-order valence-corrected chi connectivity index (χ2v) is 11.6. The Hall–Kier alpha value is -2.28. The summed E-state index contributed by atoms with van der Waals surface area (Å²) < 4.78 is 0. The number of likely N-dealkylation sites (N-methyl/N-ethyl adjacent to an activating group) is 1. The van der Waals surface area contributed by atoms with E-state index in [0.29, 0.717) is 39.3 Å². The molecule has 5 nitrogen and oxygen atoms in total. The third kappa shape index (κ3) is 5.68. The number of fused-ring (bicyclic) bond motifs is 1. The molecule has 0 radical (unpaired) electrons. The largest absolute Gasteiger partial charge is 0.333 e. The number of nitrogens with one attached hydrogen (secondary N) is 2. The fraction of sp³-hybridized carbons (Fsp3) is 0.367. The van der Waals surface area contributed by atoms with E-state index in [9.17, 15) is 4.79 Å². The number of halogens is 3. The van der Waals surface area contributed by atoms with Crippen LogP contribution < -0.4 is 15.5 Å². The van der Waals surface area contributed by atoms with E-state index in [1.54, 1.807) is 23.1 Å². The van der Waals surface area contributed by atoms with Crippen LogP contribution in [0.25, 0.3) is 11.1 Å². The number of urea groups is 1. The van der Waals surface area contributed by atoms with Gasteiger partial charge in [-0.3, -0.25) is 4.90 Å². The Kier molecular flexibility index (Phi) is 8.51. The van der Waals surface area contributed by atoms with Crippen LogP contribution in [0.5, 0.6) is 0 Å². The lowest BCUT2D eigenvalue weighted by atomic mass is 9.79. The number of amides is 2. The average Bonchev–Trinajstić information content (AvgIpc) is 2.89. The van der Waals surface area contributed by atoms with Crippen LogP contribution in [0, 0.1) is 0 Å². The summed E-state index contributed by atoms with van der Waals surface area (Å²) in [6.45, 7) is 2.44. The maximum Gasteiger partial charge on any atom is 0.326 e. The van der Waals surface area contributed by atoms with E-state index >= 15 is 0 Å². The molecule has 2 N–H and O–H groups in total. The minimum absolute atomic E-state index is 0.247. The molecule has 3 aromatic carbocycles. The van der Waals surface area contributed by atoms with Gasteiger partial charge in [0.15, 0.2) is 0 Å². The first kappa shape index (κ1) is 27.3. The van der Waals surface area contributed by atoms with Crippen molar-refractivity contribution in [2.45, 2.75) is 44.2 Å². The average molecular weight is 572 g/mol. The topological polar surface area (TPSA) is 47.6 Å². The molecular formula is C30H33Cl3N4O. The number of benzene rings is 3. The van der Waals surface area contributed by atoms with Gasteiger partial charge in [-0.05, 0) is 81.1 Å². The molecule has 1 aliphatic heterocycles. The predicted molar refractivity (Wildman–Crippen MR) is 159 cm³/mol. The molecule has 2 amide bonds. The Balaban J connectivity index is 1.55. The van der Waals surface area contributed by atoms with Crippen LogP contribution in [0.1, 0.15) is 42.7 Å². The fourth-order valence-electron chi connectivity index (χ4n) is 5.62. The number of hydrogen-bond acceptors (Lipinski definition) is 3. The minimum Gasteiger partial charge on any atom is -0.333 e. The van der Waals surface area contributed by atoms with Crippen molar-refractivity contribution in [2.24, 2.45) is 0 Å². The van der Waals surface area contributed by atoms with Crippen LogP contribution in [0.4, 0.5) is 16.2 Å². The van der Waals surface area contributed by atoms with E-state index in [4.69, 9.17) is 34.8 Å². The molecule has 0 unspecified atom stereocenters. The second kappa shape index (κ2) is 11.8. The highest BCUT2D eigenvalue weighted by molar-refractivity contribution is 6.40. The maximum absolute atomic E-state index is 13.3. The summed E-state index contributed by atoms with van der Waals surface area (Å²) in [7, 11) is 4.20. The molecule has 38 heavy (non-hydrogen) atoms. The molecule has 0 bridgehead atoms. The number of para-hydroxylation sites is 1. The number of rotatable bonds is 7. The highest BCUT2D eigenvalue weighted by Gasteiger charge is 2.33. The lowest BCUT2D eigenvalue weighted by Gasteiger charge is -2.35. The molecule has 0 atom stereocenters. The lowest BCUT2D eigenvalue weighted by Crippen LogP contribution is -2.42. The Morgan fingerprint density at radius 3 is 2.29 bits per heavy atom. The first-order chi connectivity index (χ1) is 18.3. The smallest absolute Gasteiger partial charge is 0.326 e. The number of carbonyl (C=O) groups is 1. The van der Waals surface area contributed by atoms with Crippen molar-refractivity contribution in [3.8, 4) is 11.1 Å². The zero-order valence-corrected chi connectivity index (χ0v) is 24.0. The lowest BCUT2D eigenvalue weighted by molar-refractivity contribution is 0.247. The van der Waals surface area contributed by atoms with E-state index in [0.717, 1.165) is 61.2 Å². The standard InChI is InChI=1S/C30H33Cl3N4O/c1-36(2)15-14-34-21-12-10-19(11-13-21)20-16-23(22-6-3-4-7-25(22)31)24-18-35-30(38)37(28(24)17-20)29-26(32)8-5-9-27(29)33/h3-9,16-17,19,21,34H,10-15,18H2,1-2H3,(H,35,38). The van der Waals surface area contributed by atoms with Crippen molar-refractivity contribution >= 4 is 52.2 Å². The molecule has 0 saturated heterocycles. The van der Waals surface area contributed by atoms with Crippen molar-refractivity contribution in [3.05, 3.63) is 80.8 Å². The summed E-state index contributed by atoms with van der Waals surface area (Å²) in [6.07, 6.45) is 4.41. The van der Waals surface area contributed by atoms with Gasteiger partial charge in [-0.15, -0.1) is 0 Å². The summed E-state index contributed by atoms with van der Waals surface area (Å²) in [5.74, 6) is 0.391. The Morgan fingerprint density at radius 1 is 0.921 bits per heavy atom. The van der Waals surface area contributed by atoms with Gasteiger partial charge in [-0.25, -0.2) is 4.79 Å². The van der Waals surface area contributed by atoms with Crippen molar-refractivity contribution in [1.82, 2.24) is 15.5 Å². The first-order valence-corrected chi connectivity index (χ1v) is 14.3. The molecule has 1 fully saturated rings. The zero-order chi connectivity index (χ0) is 26.8. The van der Waals surface area contributed by atoms with Gasteiger partial charge < -0.3 is 15.5 Å². The summed E-state index contributed by atoms with van der Waals surface area (Å²) in [6, 6.07) is 17.9. The molecule has 0 spiro atoms. The maximum atomic E-state index is 13.3. The molecular weight excluding hydrogens is 539 g/mol. The minimum atomic E-state index is -0.247. The van der Waals surface area contributed by atoms with Gasteiger partial charge in [0, 0.05) is 41.8 Å². The number of nitrogens with zero attached hydrogens (tertiary/aromatic N) is 2. The fourth-order valence-corrected chi connectivity index (χ4v) is 6.42. The number of carbonyl (C=O) groups excluding carboxylic acids is 1. The summed E-state index contributed by atoms with van der Waals surface area (Å²) in [5, 5.41) is 8.27. The van der Waals surface area contributed by atoms with Crippen LogP contribution in [-0.4, -0.2) is 44.2 Å². The first-order valence-electron chi connectivity index (χ1n) is 13.1. The molecule has 1 heterocycles. The van der Waals surface area contributed by atoms with Crippen LogP contribution in [0.2, 0.25) is 15.1 Å². The predicted octanol–water partition coefficient (Wildman–Crippen LogP) is 7.85. The van der Waals surface area contributed by atoms with Crippen LogP contribution in [-0.2, 0) is 6.54 Å². The van der Waals surface area contributed by atoms with Gasteiger partial charge in [0.05, 0.1) is 21.4 Å². The second-order valence-electron chi connectivity index (χ2n) is 10.4. The van der Waals surface area contributed by atoms with Crippen LogP contribution in [0.15, 0.2) is 54.6 Å². The van der Waals surface area contributed by atoms with Crippen molar-refractivity contribution in [2.75, 3.05) is 32.1 Å². The monoisotopic (exact) mass is 570 g/mol. The van der Waals surface area contributed by atoms with Gasteiger partial charge in [0.25, 0.3) is 0 Å². The summed E-state index contributed by atoms with van der Waals surface area (Å²) >= 11 is 19.9. The normalized spacial score (nSPS) is 19.4. The van der Waals surface area contributed by atoms with Gasteiger partial charge in [-0.2, -0.15) is 0 Å². The molecule has 0 aromatic heterocycles. The molecule has 3 aromatic rings. The van der Waals surface area contributed by atoms with Gasteiger partial charge in [0.1, 0.15) is 0 Å². The van der Waals surface area contributed by atoms with E-state index in [1.165, 1.54) is 5.56 Å². The Bertz CT molecular complexity index is 1300. The molecule has 2 aliphatic rings. The molecule has 1 saturated carbocycles. The van der Waals surface area contributed by atoms with E-state index < -0.39 is 0 Å². The quantitative estimate of drug-likeness (QED) is 0.304. The number of hydrogen-bond donors (Lipinski definition) is 2. The summed E-state index contributed by atoms with van der Waals surface area (Å²) in [4.78, 5) is 17.1. The van der Waals surface area contributed by atoms with Crippen molar-refractivity contribution in [3.63, 3.8) is 0 Å². The zero-order valence-electron chi connectivity index (χ0n) is 21.7. The Morgan fingerprint density at radius 2 is 1.61 bits per heavy atom. The highest BCUT2D eigenvalue weighted by atomic mass is 35.5. The van der Waals surface area contributed by atoms with E-state index in [-0.39, 0.29) is 6.03 Å². The van der Waals surface area contributed by atoms with E-state index in [2.05, 4.69) is 41.8 Å². The van der Waals surface area contributed by atoms with Gasteiger partial charge >= 0.3 is 6.03 Å². The molecule has 200 valence electrons. The van der Waals surface area contributed by atoms with Crippen molar-refractivity contribution < 1.29 is 4.79 Å². The van der Waals surface area contributed by atoms with Crippen LogP contribution in [0.3, 0.4) is 0 Å². The third-order valence-electron chi connectivity index (χ3n) is 7.62.